The number of nitrogens with zero attached hydrogens (tertiary/aromatic N) is 1. The van der Waals surface area contributed by atoms with Gasteiger partial charge >= 0.3 is 0 Å². The van der Waals surface area contributed by atoms with E-state index >= 15 is 0 Å². The van der Waals surface area contributed by atoms with E-state index < -0.39 is 0 Å². The Morgan fingerprint density at radius 3 is 3.05 bits per heavy atom. The molecule has 3 heterocycles. The number of aromatic nitrogens is 1. The summed E-state index contributed by atoms with van der Waals surface area (Å²) in [4.78, 5) is 4.49. The second kappa shape index (κ2) is 5.64. The lowest BCUT2D eigenvalue weighted by Gasteiger charge is -2.50. The number of para-hydroxylation sites is 1. The first-order chi connectivity index (χ1) is 10.8. The van der Waals surface area contributed by atoms with E-state index in [2.05, 4.69) is 47.6 Å². The van der Waals surface area contributed by atoms with Crippen molar-refractivity contribution in [2.24, 2.45) is 5.92 Å². The summed E-state index contributed by atoms with van der Waals surface area (Å²) in [6, 6.07) is 10.5. The zero-order chi connectivity index (χ0) is 15.0. The molecule has 2 aromatic rings. The van der Waals surface area contributed by atoms with Crippen LogP contribution in [0.15, 0.2) is 36.5 Å². The van der Waals surface area contributed by atoms with Crippen molar-refractivity contribution in [2.75, 3.05) is 13.1 Å². The molecule has 0 spiro atoms. The second-order valence-corrected chi connectivity index (χ2v) is 6.68. The van der Waals surface area contributed by atoms with Crippen LogP contribution in [0.5, 0.6) is 0 Å². The fraction of sp³-hybridized carbons (Fsp3) is 0.526. The number of nitrogens with one attached hydrogen (secondary N) is 1. The molecule has 3 heteroatoms. The summed E-state index contributed by atoms with van der Waals surface area (Å²) < 4.78 is 6.73. The van der Waals surface area contributed by atoms with Crippen molar-refractivity contribution in [3.8, 4) is 0 Å². The third-order valence-electron chi connectivity index (χ3n) is 5.62. The van der Waals surface area contributed by atoms with Gasteiger partial charge in [-0.3, -0.25) is 4.98 Å². The van der Waals surface area contributed by atoms with Gasteiger partial charge in [-0.2, -0.15) is 0 Å². The van der Waals surface area contributed by atoms with Crippen LogP contribution in [0, 0.1) is 5.92 Å². The molecule has 0 bridgehead atoms. The van der Waals surface area contributed by atoms with Crippen molar-refractivity contribution in [2.45, 2.75) is 44.3 Å². The van der Waals surface area contributed by atoms with Gasteiger partial charge in [0.1, 0.15) is 0 Å². The maximum atomic E-state index is 6.73. The van der Waals surface area contributed by atoms with Crippen molar-refractivity contribution in [3.63, 3.8) is 0 Å². The fourth-order valence-electron chi connectivity index (χ4n) is 4.34. The minimum atomic E-state index is 0.0194. The lowest BCUT2D eigenvalue weighted by atomic mass is 9.74. The molecule has 2 saturated heterocycles. The summed E-state index contributed by atoms with van der Waals surface area (Å²) in [6.07, 6.45) is 6.85. The zero-order valence-electron chi connectivity index (χ0n) is 13.2. The van der Waals surface area contributed by atoms with Gasteiger partial charge < -0.3 is 10.1 Å². The van der Waals surface area contributed by atoms with Gasteiger partial charge in [0.15, 0.2) is 0 Å². The van der Waals surface area contributed by atoms with Crippen LogP contribution in [0.25, 0.3) is 10.9 Å². The van der Waals surface area contributed by atoms with Gasteiger partial charge in [-0.05, 0) is 55.8 Å². The second-order valence-electron chi connectivity index (χ2n) is 6.68. The van der Waals surface area contributed by atoms with Crippen molar-refractivity contribution < 1.29 is 4.74 Å². The Kier molecular flexibility index (Phi) is 3.63. The highest BCUT2D eigenvalue weighted by molar-refractivity contribution is 5.82. The Hall–Kier alpha value is -1.45. The topological polar surface area (TPSA) is 34.2 Å². The minimum absolute atomic E-state index is 0.0194. The molecule has 1 aromatic heterocycles. The van der Waals surface area contributed by atoms with Gasteiger partial charge in [-0.15, -0.1) is 0 Å². The molecule has 1 N–H and O–H groups in total. The average Bonchev–Trinajstić information content (AvgIpc) is 2.60. The van der Waals surface area contributed by atoms with E-state index in [9.17, 15) is 0 Å². The maximum absolute atomic E-state index is 6.73. The smallest absolute Gasteiger partial charge is 0.0840 e. The van der Waals surface area contributed by atoms with E-state index in [-0.39, 0.29) is 11.7 Å². The van der Waals surface area contributed by atoms with Crippen LogP contribution >= 0.6 is 0 Å². The van der Waals surface area contributed by atoms with Crippen molar-refractivity contribution in [1.82, 2.24) is 10.3 Å². The normalized spacial score (nSPS) is 31.9. The maximum Gasteiger partial charge on any atom is 0.0840 e. The Labute approximate surface area is 132 Å². The van der Waals surface area contributed by atoms with E-state index in [1.54, 1.807) is 0 Å². The third-order valence-corrected chi connectivity index (χ3v) is 5.62. The molecule has 116 valence electrons. The van der Waals surface area contributed by atoms with Crippen LogP contribution in [0.2, 0.25) is 0 Å². The molecule has 2 fully saturated rings. The molecular formula is C19H24N2O. The summed E-state index contributed by atoms with van der Waals surface area (Å²) in [7, 11) is 0. The minimum Gasteiger partial charge on any atom is -0.365 e. The standard InChI is InChI=1S/C19H24N2O/c1-2-19-13-20-11-9-14(19)7-8-18(22-19)16-10-12-21-17-6-4-3-5-15(16)17/h3-6,10,12,14,18,20H,2,7-9,11,13H2,1H3/t14-,18+,19+/m1/s1. The zero-order valence-corrected chi connectivity index (χ0v) is 13.2. The first kappa shape index (κ1) is 14.2. The molecule has 2 aliphatic rings. The number of piperidine rings is 1. The highest BCUT2D eigenvalue weighted by Crippen LogP contribution is 2.46. The number of pyridine rings is 1. The largest absolute Gasteiger partial charge is 0.365 e. The molecule has 0 aliphatic carbocycles. The predicted molar refractivity (Wildman–Crippen MR) is 88.8 cm³/mol. The third kappa shape index (κ3) is 2.24. The van der Waals surface area contributed by atoms with Crippen LogP contribution in [-0.2, 0) is 4.74 Å². The van der Waals surface area contributed by atoms with Crippen molar-refractivity contribution >= 4 is 10.9 Å². The quantitative estimate of drug-likeness (QED) is 0.914. The van der Waals surface area contributed by atoms with Crippen molar-refractivity contribution in [1.29, 1.82) is 0 Å². The number of ether oxygens (including phenoxy) is 1. The van der Waals surface area contributed by atoms with E-state index in [1.165, 1.54) is 23.8 Å². The van der Waals surface area contributed by atoms with Crippen LogP contribution in [0.1, 0.15) is 44.3 Å². The summed E-state index contributed by atoms with van der Waals surface area (Å²) >= 11 is 0. The Balaban J connectivity index is 1.70. The molecule has 0 amide bonds. The van der Waals surface area contributed by atoms with E-state index in [0.29, 0.717) is 5.92 Å². The van der Waals surface area contributed by atoms with Gasteiger partial charge in [0, 0.05) is 18.1 Å². The molecule has 2 aliphatic heterocycles. The molecular weight excluding hydrogens is 272 g/mol. The SMILES string of the molecule is CC[C@]12CNCC[C@H]1CC[C@@H](c1ccnc3ccccc13)O2. The predicted octanol–water partition coefficient (Wildman–Crippen LogP) is 3.84. The van der Waals surface area contributed by atoms with E-state index in [4.69, 9.17) is 4.74 Å². The van der Waals surface area contributed by atoms with Crippen LogP contribution < -0.4 is 5.32 Å². The first-order valence-electron chi connectivity index (χ1n) is 8.54. The van der Waals surface area contributed by atoms with Gasteiger partial charge in [-0.25, -0.2) is 0 Å². The molecule has 3 atom stereocenters. The summed E-state index contributed by atoms with van der Waals surface area (Å²) in [5.74, 6) is 0.711. The molecule has 4 rings (SSSR count). The summed E-state index contributed by atoms with van der Waals surface area (Å²) in [5, 5.41) is 4.79. The summed E-state index contributed by atoms with van der Waals surface area (Å²) in [6.45, 7) is 4.40. The lowest BCUT2D eigenvalue weighted by molar-refractivity contribution is -0.174. The van der Waals surface area contributed by atoms with Gasteiger partial charge in [0.25, 0.3) is 0 Å². The van der Waals surface area contributed by atoms with Crippen molar-refractivity contribution in [3.05, 3.63) is 42.1 Å². The van der Waals surface area contributed by atoms with Gasteiger partial charge in [-0.1, -0.05) is 25.1 Å². The number of rotatable bonds is 2. The molecule has 0 unspecified atom stereocenters. The molecule has 22 heavy (non-hydrogen) atoms. The number of benzene rings is 1. The highest BCUT2D eigenvalue weighted by Gasteiger charge is 2.45. The van der Waals surface area contributed by atoms with E-state index in [0.717, 1.165) is 31.4 Å². The summed E-state index contributed by atoms with van der Waals surface area (Å²) in [5.41, 5.74) is 2.39. The highest BCUT2D eigenvalue weighted by atomic mass is 16.5. The monoisotopic (exact) mass is 296 g/mol. The Bertz CT molecular complexity index is 666. The molecule has 1 aromatic carbocycles. The molecule has 3 nitrogen and oxygen atoms in total. The van der Waals surface area contributed by atoms with Gasteiger partial charge in [0.2, 0.25) is 0 Å². The number of hydrogen-bond acceptors (Lipinski definition) is 3. The first-order valence-corrected chi connectivity index (χ1v) is 8.54. The molecule has 0 saturated carbocycles. The number of fused-ring (bicyclic) bond motifs is 2. The fourth-order valence-corrected chi connectivity index (χ4v) is 4.34. The molecule has 0 radical (unpaired) electrons. The van der Waals surface area contributed by atoms with Crippen LogP contribution in [-0.4, -0.2) is 23.7 Å². The van der Waals surface area contributed by atoms with Gasteiger partial charge in [0.05, 0.1) is 17.2 Å². The Morgan fingerprint density at radius 1 is 1.23 bits per heavy atom. The lowest BCUT2D eigenvalue weighted by Crippen LogP contribution is -2.56. The van der Waals surface area contributed by atoms with E-state index in [1.807, 2.05) is 6.20 Å². The average molecular weight is 296 g/mol. The number of hydrogen-bond donors (Lipinski definition) is 1. The van der Waals surface area contributed by atoms with Crippen LogP contribution in [0.4, 0.5) is 0 Å². The van der Waals surface area contributed by atoms with Crippen LogP contribution in [0.3, 0.4) is 0 Å². The Morgan fingerprint density at radius 2 is 2.14 bits per heavy atom.